The molecular weight excluding hydrogens is 428 g/mol. The molecule has 0 aliphatic heterocycles. The maximum absolute atomic E-state index is 12.5. The quantitative estimate of drug-likeness (QED) is 0.361. The number of carboxylic acids is 2. The molecule has 1 aromatic heterocycles. The molecule has 0 spiro atoms. The minimum absolute atomic E-state index is 0.0790. The molecule has 6 N–H and O–H groups in total. The highest BCUT2D eigenvalue weighted by Gasteiger charge is 2.30. The summed E-state index contributed by atoms with van der Waals surface area (Å²) in [6.07, 6.45) is 2.60. The molecule has 10 nitrogen and oxygen atoms in total. The number of aryl methyl sites for hydroxylation is 1. The molecule has 1 aliphatic carbocycles. The maximum atomic E-state index is 12.5. The molecular formula is C23H28N4O6. The summed E-state index contributed by atoms with van der Waals surface area (Å²) in [4.78, 5) is 53.7. The van der Waals surface area contributed by atoms with Gasteiger partial charge in [0.15, 0.2) is 0 Å². The Labute approximate surface area is 190 Å². The van der Waals surface area contributed by atoms with E-state index in [-0.39, 0.29) is 41.7 Å². The largest absolute Gasteiger partial charge is 0.481 e. The fourth-order valence-electron chi connectivity index (χ4n) is 4.41. The van der Waals surface area contributed by atoms with Crippen molar-refractivity contribution in [2.75, 3.05) is 5.73 Å². The number of hydrogen-bond acceptors (Lipinski definition) is 6. The number of hydrogen-bond donors (Lipinski definition) is 5. The van der Waals surface area contributed by atoms with Gasteiger partial charge in [-0.2, -0.15) is 0 Å². The van der Waals surface area contributed by atoms with Gasteiger partial charge in [-0.25, -0.2) is 9.78 Å². The van der Waals surface area contributed by atoms with Crippen molar-refractivity contribution in [3.8, 4) is 0 Å². The number of anilines is 1. The van der Waals surface area contributed by atoms with E-state index < -0.39 is 23.9 Å². The van der Waals surface area contributed by atoms with Crippen molar-refractivity contribution in [1.29, 1.82) is 0 Å². The van der Waals surface area contributed by atoms with E-state index in [0.717, 1.165) is 36.9 Å². The van der Waals surface area contributed by atoms with Crippen molar-refractivity contribution < 1.29 is 24.6 Å². The van der Waals surface area contributed by atoms with Gasteiger partial charge in [0.1, 0.15) is 6.04 Å². The van der Waals surface area contributed by atoms with Crippen molar-refractivity contribution in [3.63, 3.8) is 0 Å². The number of benzene rings is 1. The maximum Gasteiger partial charge on any atom is 0.326 e. The van der Waals surface area contributed by atoms with Crippen LogP contribution in [0.4, 0.5) is 5.95 Å². The summed E-state index contributed by atoms with van der Waals surface area (Å²) in [7, 11) is 0. The molecule has 33 heavy (non-hydrogen) atoms. The number of H-pyrrole nitrogens is 1. The molecule has 0 radical (unpaired) electrons. The van der Waals surface area contributed by atoms with Crippen LogP contribution in [0, 0.1) is 0 Å². The molecule has 0 bridgehead atoms. The summed E-state index contributed by atoms with van der Waals surface area (Å²) >= 11 is 0. The minimum Gasteiger partial charge on any atom is -0.481 e. The molecule has 0 saturated carbocycles. The van der Waals surface area contributed by atoms with Crippen LogP contribution in [0.2, 0.25) is 0 Å². The Morgan fingerprint density at radius 2 is 1.94 bits per heavy atom. The number of carbonyl (C=O) groups is 3. The average molecular weight is 456 g/mol. The van der Waals surface area contributed by atoms with Crippen molar-refractivity contribution in [2.24, 2.45) is 0 Å². The number of aromatic amines is 1. The predicted molar refractivity (Wildman–Crippen MR) is 120 cm³/mol. The first-order chi connectivity index (χ1) is 15.7. The number of nitrogen functional groups attached to an aromatic ring is 1. The first kappa shape index (κ1) is 24.0. The van der Waals surface area contributed by atoms with Gasteiger partial charge in [0.05, 0.1) is 5.69 Å². The second-order valence-corrected chi connectivity index (χ2v) is 8.31. The van der Waals surface area contributed by atoms with E-state index in [4.69, 9.17) is 10.8 Å². The zero-order valence-electron chi connectivity index (χ0n) is 18.3. The predicted octanol–water partition coefficient (Wildman–Crippen LogP) is 2.01. The van der Waals surface area contributed by atoms with Crippen molar-refractivity contribution in [2.45, 2.75) is 63.3 Å². The number of rotatable bonds is 10. The van der Waals surface area contributed by atoms with Crippen LogP contribution in [-0.4, -0.2) is 44.1 Å². The molecule has 0 fully saturated rings. The molecule has 10 heteroatoms. The van der Waals surface area contributed by atoms with Crippen LogP contribution in [0.25, 0.3) is 0 Å². The molecule has 1 aromatic carbocycles. The lowest BCUT2D eigenvalue weighted by Crippen LogP contribution is -2.41. The zero-order chi connectivity index (χ0) is 24.1. The molecule has 3 atom stereocenters. The third kappa shape index (κ3) is 5.76. The van der Waals surface area contributed by atoms with Gasteiger partial charge < -0.3 is 21.3 Å². The summed E-state index contributed by atoms with van der Waals surface area (Å²) < 4.78 is 0. The Bertz CT molecular complexity index is 1100. The highest BCUT2D eigenvalue weighted by molar-refractivity contribution is 5.96. The minimum atomic E-state index is -1.28. The molecule has 176 valence electrons. The Kier molecular flexibility index (Phi) is 7.47. The molecule has 0 saturated heterocycles. The summed E-state index contributed by atoms with van der Waals surface area (Å²) in [6.45, 7) is 2.06. The Balaban J connectivity index is 1.69. The molecule has 1 amide bonds. The zero-order valence-corrected chi connectivity index (χ0v) is 18.3. The number of aromatic nitrogens is 2. The van der Waals surface area contributed by atoms with Gasteiger partial charge >= 0.3 is 11.9 Å². The summed E-state index contributed by atoms with van der Waals surface area (Å²) in [5, 5.41) is 20.4. The monoisotopic (exact) mass is 456 g/mol. The number of carboxylic acid groups (broad SMARTS) is 2. The van der Waals surface area contributed by atoms with Gasteiger partial charge in [0.2, 0.25) is 5.95 Å². The van der Waals surface area contributed by atoms with E-state index in [1.807, 2.05) is 12.1 Å². The van der Waals surface area contributed by atoms with Crippen LogP contribution in [0.15, 0.2) is 29.1 Å². The lowest BCUT2D eigenvalue weighted by Gasteiger charge is -2.20. The van der Waals surface area contributed by atoms with Gasteiger partial charge in [-0.05, 0) is 61.6 Å². The fourth-order valence-corrected chi connectivity index (χ4v) is 4.41. The van der Waals surface area contributed by atoms with E-state index in [0.29, 0.717) is 5.56 Å². The number of carbonyl (C=O) groups excluding carboxylic acids is 1. The first-order valence-corrected chi connectivity index (χ1v) is 10.9. The van der Waals surface area contributed by atoms with Crippen LogP contribution < -0.4 is 16.6 Å². The van der Waals surface area contributed by atoms with Crippen LogP contribution >= 0.6 is 0 Å². The number of nitrogens with one attached hydrogen (secondary N) is 2. The molecule has 1 heterocycles. The van der Waals surface area contributed by atoms with Crippen LogP contribution in [0.3, 0.4) is 0 Å². The summed E-state index contributed by atoms with van der Waals surface area (Å²) in [5.41, 5.74) is 8.25. The Hall–Kier alpha value is -3.69. The molecule has 2 unspecified atom stereocenters. The van der Waals surface area contributed by atoms with Crippen molar-refractivity contribution in [3.05, 3.63) is 57.0 Å². The van der Waals surface area contributed by atoms with Gasteiger partial charge in [-0.1, -0.05) is 19.1 Å². The number of fused-ring (bicyclic) bond motifs is 1. The van der Waals surface area contributed by atoms with Crippen molar-refractivity contribution >= 4 is 23.8 Å². The Morgan fingerprint density at radius 1 is 1.24 bits per heavy atom. The fraction of sp³-hybridized carbons (Fsp3) is 0.435. The van der Waals surface area contributed by atoms with E-state index in [2.05, 4.69) is 22.2 Å². The number of aliphatic carboxylic acids is 2. The second-order valence-electron chi connectivity index (χ2n) is 8.31. The third-order valence-corrected chi connectivity index (χ3v) is 6.15. The normalized spacial score (nSPS) is 16.6. The van der Waals surface area contributed by atoms with E-state index >= 15 is 0 Å². The molecule has 3 rings (SSSR count). The van der Waals surface area contributed by atoms with E-state index in [9.17, 15) is 24.3 Å². The lowest BCUT2D eigenvalue weighted by molar-refractivity contribution is -0.140. The lowest BCUT2D eigenvalue weighted by atomic mass is 9.84. The average Bonchev–Trinajstić information content (AvgIpc) is 3.17. The standard InChI is InChI=1S/C23H28N4O6/c1-2-12(11-15-7-8-16-19(15)21(31)27-23(24)26-16)13-3-5-14(6-4-13)20(30)25-17(22(32)33)9-10-18(28)29/h3-6,12,15,17H,2,7-11H2,1H3,(H,25,30)(H,28,29)(H,32,33)(H3,24,26,27,31)/t12?,15?,17-/m0/s1. The SMILES string of the molecule is CCC(CC1CCc2nc(N)[nH]c(=O)c21)c1ccc(C(=O)N[C@@H](CCC(=O)O)C(=O)O)cc1. The van der Waals surface area contributed by atoms with Gasteiger partial charge in [-0.3, -0.25) is 19.4 Å². The van der Waals surface area contributed by atoms with E-state index in [1.165, 1.54) is 0 Å². The van der Waals surface area contributed by atoms with Gasteiger partial charge in [0.25, 0.3) is 11.5 Å². The summed E-state index contributed by atoms with van der Waals surface area (Å²) in [5.74, 6) is -2.61. The summed E-state index contributed by atoms with van der Waals surface area (Å²) in [6, 6.07) is 5.64. The highest BCUT2D eigenvalue weighted by Crippen LogP contribution is 2.38. The van der Waals surface area contributed by atoms with Gasteiger partial charge in [0, 0.05) is 17.5 Å². The number of nitrogens with two attached hydrogens (primary N) is 1. The van der Waals surface area contributed by atoms with Gasteiger partial charge in [-0.15, -0.1) is 0 Å². The number of amides is 1. The number of nitrogens with zero attached hydrogens (tertiary/aromatic N) is 1. The van der Waals surface area contributed by atoms with Crippen LogP contribution in [0.1, 0.15) is 78.0 Å². The first-order valence-electron chi connectivity index (χ1n) is 10.9. The van der Waals surface area contributed by atoms with Crippen LogP contribution in [-0.2, 0) is 16.0 Å². The van der Waals surface area contributed by atoms with Crippen LogP contribution in [0.5, 0.6) is 0 Å². The second kappa shape index (κ2) is 10.3. The topological polar surface area (TPSA) is 175 Å². The molecule has 2 aromatic rings. The highest BCUT2D eigenvalue weighted by atomic mass is 16.4. The third-order valence-electron chi connectivity index (χ3n) is 6.15. The van der Waals surface area contributed by atoms with E-state index in [1.54, 1.807) is 12.1 Å². The smallest absolute Gasteiger partial charge is 0.326 e. The Morgan fingerprint density at radius 3 is 2.55 bits per heavy atom. The van der Waals surface area contributed by atoms with Crippen molar-refractivity contribution in [1.82, 2.24) is 15.3 Å². The molecule has 1 aliphatic rings.